The van der Waals surface area contributed by atoms with Crippen LogP contribution in [0.15, 0.2) is 18.2 Å². The topological polar surface area (TPSA) is 93.6 Å². The average Bonchev–Trinajstić information content (AvgIpc) is 3.08. The quantitative estimate of drug-likeness (QED) is 0.742. The van der Waals surface area contributed by atoms with Crippen LogP contribution < -0.4 is 9.80 Å². The molecule has 0 aliphatic carbocycles. The third-order valence-corrected chi connectivity index (χ3v) is 6.44. The number of halogens is 1. The number of carboxylic acid groups (broad SMARTS) is 1. The molecule has 0 aromatic heterocycles. The van der Waals surface area contributed by atoms with Gasteiger partial charge in [0.15, 0.2) is 0 Å². The molecule has 180 valence electrons. The van der Waals surface area contributed by atoms with Crippen molar-refractivity contribution in [3.05, 3.63) is 24.0 Å². The minimum absolute atomic E-state index is 0.211. The van der Waals surface area contributed by atoms with Gasteiger partial charge in [-0.3, -0.25) is 9.69 Å². The third kappa shape index (κ3) is 4.84. The van der Waals surface area contributed by atoms with E-state index >= 15 is 4.39 Å². The van der Waals surface area contributed by atoms with Crippen LogP contribution >= 0.6 is 0 Å². The minimum Gasteiger partial charge on any atom is -0.481 e. The summed E-state index contributed by atoms with van der Waals surface area (Å²) < 4.78 is 20.5. The number of piperidine rings is 1. The molecule has 0 spiro atoms. The molecule has 1 aromatic carbocycles. The second-order valence-electron chi connectivity index (χ2n) is 9.90. The van der Waals surface area contributed by atoms with Crippen molar-refractivity contribution in [2.45, 2.75) is 45.3 Å². The highest BCUT2D eigenvalue weighted by molar-refractivity contribution is 5.95. The Morgan fingerprint density at radius 1 is 1.09 bits per heavy atom. The summed E-state index contributed by atoms with van der Waals surface area (Å²) >= 11 is 0. The smallest absolute Gasteiger partial charge is 0.410 e. The van der Waals surface area contributed by atoms with Gasteiger partial charge >= 0.3 is 18.1 Å². The molecule has 3 heterocycles. The van der Waals surface area contributed by atoms with Crippen molar-refractivity contribution >= 4 is 29.5 Å². The van der Waals surface area contributed by atoms with Gasteiger partial charge in [0.05, 0.1) is 24.2 Å². The normalized spacial score (nSPS) is 21.9. The SMILES string of the molecule is CC(C)(C)OC(=O)N1CCN2C(=O)N(c3ccc(N4CCC(C(=O)O)CC4)cc3F)C[C@@H]2C1. The number of benzene rings is 1. The first-order chi connectivity index (χ1) is 15.5. The zero-order valence-electron chi connectivity index (χ0n) is 19.3. The number of piperazine rings is 1. The largest absolute Gasteiger partial charge is 0.481 e. The summed E-state index contributed by atoms with van der Waals surface area (Å²) in [6.07, 6.45) is 0.637. The Hall–Kier alpha value is -3.04. The zero-order valence-corrected chi connectivity index (χ0v) is 19.3. The van der Waals surface area contributed by atoms with Crippen LogP contribution in [0.2, 0.25) is 0 Å². The Bertz CT molecular complexity index is 941. The van der Waals surface area contributed by atoms with Gasteiger partial charge < -0.3 is 24.5 Å². The van der Waals surface area contributed by atoms with Crippen LogP contribution in [0.5, 0.6) is 0 Å². The molecule has 3 fully saturated rings. The van der Waals surface area contributed by atoms with Crippen LogP contribution in [-0.4, -0.2) is 83.9 Å². The van der Waals surface area contributed by atoms with E-state index < -0.39 is 23.5 Å². The van der Waals surface area contributed by atoms with Crippen molar-refractivity contribution < 1.29 is 28.6 Å². The Labute approximate surface area is 192 Å². The number of ether oxygens (including phenoxy) is 1. The molecule has 9 nitrogen and oxygen atoms in total. The monoisotopic (exact) mass is 462 g/mol. The van der Waals surface area contributed by atoms with E-state index in [-0.39, 0.29) is 23.7 Å². The molecule has 0 unspecified atom stereocenters. The maximum absolute atomic E-state index is 15.1. The molecule has 33 heavy (non-hydrogen) atoms. The molecule has 0 saturated carbocycles. The maximum atomic E-state index is 15.1. The maximum Gasteiger partial charge on any atom is 0.410 e. The fraction of sp³-hybridized carbons (Fsp3) is 0.609. The van der Waals surface area contributed by atoms with Crippen molar-refractivity contribution in [2.75, 3.05) is 49.1 Å². The fourth-order valence-electron chi connectivity index (χ4n) is 4.70. The van der Waals surface area contributed by atoms with Crippen LogP contribution in [0.1, 0.15) is 33.6 Å². The number of carboxylic acids is 1. The molecular formula is C23H31FN4O5. The first kappa shape index (κ1) is 23.1. The molecule has 4 rings (SSSR count). The van der Waals surface area contributed by atoms with Gasteiger partial charge in [-0.05, 0) is 51.8 Å². The van der Waals surface area contributed by atoms with Crippen LogP contribution in [0.4, 0.5) is 25.4 Å². The van der Waals surface area contributed by atoms with E-state index in [4.69, 9.17) is 9.84 Å². The predicted octanol–water partition coefficient (Wildman–Crippen LogP) is 2.99. The molecule has 10 heteroatoms. The number of carbonyl (C=O) groups is 3. The lowest BCUT2D eigenvalue weighted by Crippen LogP contribution is -2.54. The van der Waals surface area contributed by atoms with E-state index in [1.165, 1.54) is 11.0 Å². The molecule has 3 amide bonds. The summed E-state index contributed by atoms with van der Waals surface area (Å²) in [5.74, 6) is -1.64. The van der Waals surface area contributed by atoms with Crippen molar-refractivity contribution in [2.24, 2.45) is 5.92 Å². The van der Waals surface area contributed by atoms with Crippen molar-refractivity contribution in [3.8, 4) is 0 Å². The number of hydrogen-bond donors (Lipinski definition) is 1. The number of hydrogen-bond acceptors (Lipinski definition) is 5. The summed E-state index contributed by atoms with van der Waals surface area (Å²) in [6, 6.07) is 4.30. The van der Waals surface area contributed by atoms with E-state index in [1.54, 1.807) is 21.9 Å². The zero-order chi connectivity index (χ0) is 23.9. The van der Waals surface area contributed by atoms with Crippen LogP contribution in [0, 0.1) is 11.7 Å². The van der Waals surface area contributed by atoms with Crippen LogP contribution in [0.25, 0.3) is 0 Å². The second kappa shape index (κ2) is 8.72. The summed E-state index contributed by atoms with van der Waals surface area (Å²) in [5.41, 5.74) is 0.294. The Morgan fingerprint density at radius 3 is 2.39 bits per heavy atom. The molecule has 3 saturated heterocycles. The number of nitrogens with zero attached hydrogens (tertiary/aromatic N) is 4. The summed E-state index contributed by atoms with van der Waals surface area (Å²) in [5, 5.41) is 9.16. The molecule has 1 atom stereocenters. The highest BCUT2D eigenvalue weighted by Gasteiger charge is 2.43. The van der Waals surface area contributed by atoms with Gasteiger partial charge in [0.1, 0.15) is 11.4 Å². The van der Waals surface area contributed by atoms with Gasteiger partial charge in [0, 0.05) is 38.4 Å². The molecule has 1 N–H and O–H groups in total. The van der Waals surface area contributed by atoms with Crippen LogP contribution in [-0.2, 0) is 9.53 Å². The van der Waals surface area contributed by atoms with Gasteiger partial charge in [0.25, 0.3) is 0 Å². The van der Waals surface area contributed by atoms with E-state index in [2.05, 4.69) is 0 Å². The lowest BCUT2D eigenvalue weighted by atomic mass is 9.97. The average molecular weight is 463 g/mol. The van der Waals surface area contributed by atoms with E-state index in [0.717, 1.165) is 0 Å². The van der Waals surface area contributed by atoms with Gasteiger partial charge in [-0.1, -0.05) is 0 Å². The molecule has 0 radical (unpaired) electrons. The molecule has 0 bridgehead atoms. The number of carbonyl (C=O) groups excluding carboxylic acids is 2. The fourth-order valence-corrected chi connectivity index (χ4v) is 4.70. The van der Waals surface area contributed by atoms with E-state index in [0.29, 0.717) is 57.8 Å². The second-order valence-corrected chi connectivity index (χ2v) is 9.90. The van der Waals surface area contributed by atoms with Crippen LogP contribution in [0.3, 0.4) is 0 Å². The lowest BCUT2D eigenvalue weighted by Gasteiger charge is -2.36. The Morgan fingerprint density at radius 2 is 1.79 bits per heavy atom. The number of amides is 3. The summed E-state index contributed by atoms with van der Waals surface area (Å²) in [6.45, 7) is 7.90. The number of urea groups is 1. The first-order valence-corrected chi connectivity index (χ1v) is 11.4. The number of aliphatic carboxylic acids is 1. The first-order valence-electron chi connectivity index (χ1n) is 11.4. The van der Waals surface area contributed by atoms with Crippen molar-refractivity contribution in [1.29, 1.82) is 0 Å². The third-order valence-electron chi connectivity index (χ3n) is 6.44. The molecule has 3 aliphatic rings. The van der Waals surface area contributed by atoms with Crippen molar-refractivity contribution in [3.63, 3.8) is 0 Å². The molecule has 1 aromatic rings. The van der Waals surface area contributed by atoms with Gasteiger partial charge in [0.2, 0.25) is 0 Å². The number of anilines is 2. The summed E-state index contributed by atoms with van der Waals surface area (Å²) in [4.78, 5) is 43.2. The standard InChI is InChI=1S/C23H31FN4O5/c1-23(2,3)33-22(32)26-10-11-27-17(13-26)14-28(21(27)31)19-5-4-16(12-18(19)24)25-8-6-15(7-9-25)20(29)30/h4-5,12,15,17H,6-11,13-14H2,1-3H3,(H,29,30)/t17-/m0/s1. The molecular weight excluding hydrogens is 431 g/mol. The Kier molecular flexibility index (Phi) is 6.11. The van der Waals surface area contributed by atoms with Gasteiger partial charge in [-0.25, -0.2) is 14.0 Å². The summed E-state index contributed by atoms with van der Waals surface area (Å²) in [7, 11) is 0. The van der Waals surface area contributed by atoms with Crippen molar-refractivity contribution in [1.82, 2.24) is 9.80 Å². The number of rotatable bonds is 3. The Balaban J connectivity index is 1.42. The van der Waals surface area contributed by atoms with Gasteiger partial charge in [-0.15, -0.1) is 0 Å². The minimum atomic E-state index is -0.787. The highest BCUT2D eigenvalue weighted by Crippen LogP contribution is 2.32. The molecule has 3 aliphatic heterocycles. The highest BCUT2D eigenvalue weighted by atomic mass is 19.1. The van der Waals surface area contributed by atoms with E-state index in [1.807, 2.05) is 25.7 Å². The lowest BCUT2D eigenvalue weighted by molar-refractivity contribution is -0.142. The van der Waals surface area contributed by atoms with E-state index in [9.17, 15) is 14.4 Å². The predicted molar refractivity (Wildman–Crippen MR) is 120 cm³/mol. The number of fused-ring (bicyclic) bond motifs is 1. The van der Waals surface area contributed by atoms with Gasteiger partial charge in [-0.2, -0.15) is 0 Å².